The van der Waals surface area contributed by atoms with Gasteiger partial charge in [0.25, 0.3) is 5.91 Å². The molecule has 0 saturated heterocycles. The minimum atomic E-state index is -0.341. The SMILES string of the molecule is CC[C@@H](C)c1ccc(OCC(=O)N/N=C\c2ccc(OC)c(Cl)c2)cc1. The van der Waals surface area contributed by atoms with E-state index >= 15 is 0 Å². The van der Waals surface area contributed by atoms with Crippen molar-refractivity contribution in [2.24, 2.45) is 5.10 Å². The number of hydrogen-bond donors (Lipinski definition) is 1. The molecule has 2 aromatic rings. The molecule has 5 nitrogen and oxygen atoms in total. The van der Waals surface area contributed by atoms with E-state index in [2.05, 4.69) is 24.4 Å². The number of rotatable bonds is 8. The first kappa shape index (κ1) is 19.8. The lowest BCUT2D eigenvalue weighted by atomic mass is 9.99. The van der Waals surface area contributed by atoms with E-state index in [1.165, 1.54) is 11.8 Å². The van der Waals surface area contributed by atoms with Crippen molar-refractivity contribution in [1.29, 1.82) is 0 Å². The zero-order chi connectivity index (χ0) is 18.9. The van der Waals surface area contributed by atoms with Crippen molar-refractivity contribution in [3.05, 3.63) is 58.6 Å². The number of halogens is 1. The van der Waals surface area contributed by atoms with Crippen molar-refractivity contribution in [1.82, 2.24) is 5.43 Å². The minimum absolute atomic E-state index is 0.108. The lowest BCUT2D eigenvalue weighted by Gasteiger charge is -2.10. The molecule has 6 heteroatoms. The van der Waals surface area contributed by atoms with Crippen LogP contribution in [-0.4, -0.2) is 25.8 Å². The number of amides is 1. The smallest absolute Gasteiger partial charge is 0.277 e. The van der Waals surface area contributed by atoms with Gasteiger partial charge in [0.2, 0.25) is 0 Å². The van der Waals surface area contributed by atoms with Crippen LogP contribution in [0.5, 0.6) is 11.5 Å². The van der Waals surface area contributed by atoms with E-state index in [9.17, 15) is 4.79 Å². The monoisotopic (exact) mass is 374 g/mol. The van der Waals surface area contributed by atoms with Crippen LogP contribution in [0.25, 0.3) is 0 Å². The molecule has 0 bridgehead atoms. The highest BCUT2D eigenvalue weighted by Crippen LogP contribution is 2.24. The maximum absolute atomic E-state index is 11.8. The first-order valence-corrected chi connectivity index (χ1v) is 8.79. The van der Waals surface area contributed by atoms with E-state index in [0.717, 1.165) is 12.0 Å². The minimum Gasteiger partial charge on any atom is -0.495 e. The van der Waals surface area contributed by atoms with E-state index in [4.69, 9.17) is 21.1 Å². The van der Waals surface area contributed by atoms with Gasteiger partial charge in [-0.25, -0.2) is 5.43 Å². The van der Waals surface area contributed by atoms with Gasteiger partial charge in [-0.1, -0.05) is 37.6 Å². The van der Waals surface area contributed by atoms with Crippen molar-refractivity contribution >= 4 is 23.7 Å². The van der Waals surface area contributed by atoms with E-state index in [0.29, 0.717) is 22.4 Å². The van der Waals surface area contributed by atoms with E-state index in [-0.39, 0.29) is 12.5 Å². The lowest BCUT2D eigenvalue weighted by molar-refractivity contribution is -0.123. The zero-order valence-electron chi connectivity index (χ0n) is 15.2. The number of carbonyl (C=O) groups excluding carboxylic acids is 1. The molecule has 0 aliphatic rings. The van der Waals surface area contributed by atoms with Crippen LogP contribution in [0, 0.1) is 0 Å². The Morgan fingerprint density at radius 1 is 1.27 bits per heavy atom. The summed E-state index contributed by atoms with van der Waals surface area (Å²) in [6.07, 6.45) is 2.59. The van der Waals surface area contributed by atoms with Crippen molar-refractivity contribution in [3.63, 3.8) is 0 Å². The Kier molecular flexibility index (Phi) is 7.48. The van der Waals surface area contributed by atoms with Gasteiger partial charge in [-0.2, -0.15) is 5.10 Å². The molecule has 1 atom stereocenters. The van der Waals surface area contributed by atoms with Gasteiger partial charge in [0, 0.05) is 0 Å². The Labute approximate surface area is 159 Å². The fourth-order valence-electron chi connectivity index (χ4n) is 2.25. The highest BCUT2D eigenvalue weighted by Gasteiger charge is 2.05. The summed E-state index contributed by atoms with van der Waals surface area (Å²) in [6.45, 7) is 4.22. The van der Waals surface area contributed by atoms with Crippen molar-refractivity contribution < 1.29 is 14.3 Å². The average molecular weight is 375 g/mol. The standard InChI is InChI=1S/C20H23ClN2O3/c1-4-14(2)16-6-8-17(9-7-16)26-13-20(24)23-22-12-15-5-10-19(25-3)18(21)11-15/h5-12,14H,4,13H2,1-3H3,(H,23,24)/b22-12-/t14-/m1/s1. The molecule has 0 aromatic heterocycles. The van der Waals surface area contributed by atoms with Crippen molar-refractivity contribution in [2.45, 2.75) is 26.2 Å². The maximum atomic E-state index is 11.8. The zero-order valence-corrected chi connectivity index (χ0v) is 15.9. The summed E-state index contributed by atoms with van der Waals surface area (Å²) >= 11 is 6.03. The number of hydrogen-bond acceptors (Lipinski definition) is 4. The van der Waals surface area contributed by atoms with E-state index in [1.807, 2.05) is 24.3 Å². The van der Waals surface area contributed by atoms with Gasteiger partial charge >= 0.3 is 0 Å². The molecule has 0 unspecified atom stereocenters. The molecule has 0 fully saturated rings. The predicted molar refractivity (Wildman–Crippen MR) is 104 cm³/mol. The van der Waals surface area contributed by atoms with Gasteiger partial charge in [0.1, 0.15) is 11.5 Å². The van der Waals surface area contributed by atoms with E-state index in [1.54, 1.807) is 25.3 Å². The molecule has 2 aromatic carbocycles. The summed E-state index contributed by atoms with van der Waals surface area (Å²) in [6, 6.07) is 13.0. The molecule has 0 spiro atoms. The highest BCUT2D eigenvalue weighted by molar-refractivity contribution is 6.32. The summed E-state index contributed by atoms with van der Waals surface area (Å²) in [7, 11) is 1.55. The van der Waals surface area contributed by atoms with Crippen LogP contribution < -0.4 is 14.9 Å². The summed E-state index contributed by atoms with van der Waals surface area (Å²) < 4.78 is 10.5. The third kappa shape index (κ3) is 5.77. The van der Waals surface area contributed by atoms with Gasteiger partial charge < -0.3 is 9.47 Å². The Morgan fingerprint density at radius 3 is 2.62 bits per heavy atom. The van der Waals surface area contributed by atoms with Crippen LogP contribution in [0.15, 0.2) is 47.6 Å². The number of benzene rings is 2. The van der Waals surface area contributed by atoms with Gasteiger partial charge in [0.05, 0.1) is 18.3 Å². The molecular formula is C20H23ClN2O3. The highest BCUT2D eigenvalue weighted by atomic mass is 35.5. The molecule has 138 valence electrons. The lowest BCUT2D eigenvalue weighted by Crippen LogP contribution is -2.24. The molecule has 0 saturated carbocycles. The van der Waals surface area contributed by atoms with Crippen molar-refractivity contribution in [2.75, 3.05) is 13.7 Å². The van der Waals surface area contributed by atoms with Crippen LogP contribution >= 0.6 is 11.6 Å². The third-order valence-electron chi connectivity index (χ3n) is 4.01. The van der Waals surface area contributed by atoms with Gasteiger partial charge in [-0.3, -0.25) is 4.79 Å². The molecule has 1 N–H and O–H groups in total. The van der Waals surface area contributed by atoms with Crippen LogP contribution in [0.3, 0.4) is 0 Å². The second kappa shape index (κ2) is 9.82. The molecule has 0 aliphatic heterocycles. The summed E-state index contributed by atoms with van der Waals surface area (Å²) in [4.78, 5) is 11.8. The normalized spacial score (nSPS) is 12.0. The average Bonchev–Trinajstić information content (AvgIpc) is 2.66. The maximum Gasteiger partial charge on any atom is 0.277 e. The summed E-state index contributed by atoms with van der Waals surface area (Å²) in [5, 5.41) is 4.37. The number of nitrogens with zero attached hydrogens (tertiary/aromatic N) is 1. The van der Waals surface area contributed by atoms with E-state index < -0.39 is 0 Å². The molecule has 0 radical (unpaired) electrons. The van der Waals surface area contributed by atoms with Gasteiger partial charge in [0.15, 0.2) is 6.61 Å². The largest absolute Gasteiger partial charge is 0.495 e. The Hall–Kier alpha value is -2.53. The first-order chi connectivity index (χ1) is 12.5. The fraction of sp³-hybridized carbons (Fsp3) is 0.300. The third-order valence-corrected chi connectivity index (χ3v) is 4.31. The molecule has 0 heterocycles. The van der Waals surface area contributed by atoms with Crippen LogP contribution in [0.1, 0.15) is 37.3 Å². The Morgan fingerprint density at radius 2 is 2.00 bits per heavy atom. The second-order valence-corrected chi connectivity index (χ2v) is 6.26. The topological polar surface area (TPSA) is 59.9 Å². The van der Waals surface area contributed by atoms with Crippen LogP contribution in [-0.2, 0) is 4.79 Å². The number of ether oxygens (including phenoxy) is 2. The van der Waals surface area contributed by atoms with Crippen LogP contribution in [0.2, 0.25) is 5.02 Å². The Balaban J connectivity index is 1.80. The Bertz CT molecular complexity index is 760. The fourth-order valence-corrected chi connectivity index (χ4v) is 2.52. The first-order valence-electron chi connectivity index (χ1n) is 8.41. The van der Waals surface area contributed by atoms with Crippen molar-refractivity contribution in [3.8, 4) is 11.5 Å². The summed E-state index contributed by atoms with van der Waals surface area (Å²) in [5.74, 6) is 1.40. The van der Waals surface area contributed by atoms with Crippen LogP contribution in [0.4, 0.5) is 0 Å². The summed E-state index contributed by atoms with van der Waals surface area (Å²) in [5.41, 5.74) is 4.42. The quantitative estimate of drug-likeness (QED) is 0.550. The van der Waals surface area contributed by atoms with Gasteiger partial charge in [-0.05, 0) is 53.8 Å². The molecule has 2 rings (SSSR count). The molecule has 26 heavy (non-hydrogen) atoms. The number of carbonyl (C=O) groups is 1. The van der Waals surface area contributed by atoms with Gasteiger partial charge in [-0.15, -0.1) is 0 Å². The molecule has 1 amide bonds. The predicted octanol–water partition coefficient (Wildman–Crippen LogP) is 4.39. The molecular weight excluding hydrogens is 352 g/mol. The number of methoxy groups -OCH3 is 1. The molecule has 0 aliphatic carbocycles. The number of hydrazone groups is 1. The number of nitrogens with one attached hydrogen (secondary N) is 1. The second-order valence-electron chi connectivity index (χ2n) is 5.85.